The molecule has 0 radical (unpaired) electrons. The van der Waals surface area contributed by atoms with Crippen LogP contribution in [0.3, 0.4) is 0 Å². The number of carbonyl (C=O) groups is 2. The van der Waals surface area contributed by atoms with Gasteiger partial charge in [-0.05, 0) is 37.5 Å². The molecular formula is C15H19NO3. The minimum atomic E-state index is -0.830. The summed E-state index contributed by atoms with van der Waals surface area (Å²) in [6, 6.07) is 7.52. The quantitative estimate of drug-likeness (QED) is 0.907. The standard InChI is InChI=1S/C15H19NO3/c1-3-11-4-6-12(7-5-11)13(17)16-9-8-15(2,10-16)14(18)19/h4-7H,3,8-10H2,1-2H3,(H,18,19). The van der Waals surface area contributed by atoms with Gasteiger partial charge in [-0.25, -0.2) is 0 Å². The zero-order valence-electron chi connectivity index (χ0n) is 11.3. The van der Waals surface area contributed by atoms with Crippen LogP contribution in [0, 0.1) is 5.41 Å². The first-order valence-corrected chi connectivity index (χ1v) is 6.58. The number of carboxylic acid groups (broad SMARTS) is 1. The van der Waals surface area contributed by atoms with E-state index in [1.54, 1.807) is 11.8 Å². The summed E-state index contributed by atoms with van der Waals surface area (Å²) in [5, 5.41) is 9.17. The maximum Gasteiger partial charge on any atom is 0.311 e. The average molecular weight is 261 g/mol. The monoisotopic (exact) mass is 261 g/mol. The van der Waals surface area contributed by atoms with Gasteiger partial charge in [-0.1, -0.05) is 19.1 Å². The van der Waals surface area contributed by atoms with Crippen LogP contribution in [-0.2, 0) is 11.2 Å². The molecule has 1 aromatic carbocycles. The van der Waals surface area contributed by atoms with E-state index in [2.05, 4.69) is 6.92 Å². The summed E-state index contributed by atoms with van der Waals surface area (Å²) in [4.78, 5) is 25.1. The Kier molecular flexibility index (Phi) is 3.60. The van der Waals surface area contributed by atoms with Crippen molar-refractivity contribution in [3.8, 4) is 0 Å². The van der Waals surface area contributed by atoms with Gasteiger partial charge in [0.15, 0.2) is 0 Å². The fourth-order valence-corrected chi connectivity index (χ4v) is 2.37. The molecule has 0 aliphatic carbocycles. The highest BCUT2D eigenvalue weighted by Crippen LogP contribution is 2.30. The van der Waals surface area contributed by atoms with Crippen LogP contribution in [-0.4, -0.2) is 35.0 Å². The second-order valence-corrected chi connectivity index (χ2v) is 5.39. The normalized spacial score (nSPS) is 22.5. The summed E-state index contributed by atoms with van der Waals surface area (Å²) >= 11 is 0. The molecule has 1 aliphatic rings. The Bertz CT molecular complexity index is 495. The number of amides is 1. The summed E-state index contributed by atoms with van der Waals surface area (Å²) in [6.07, 6.45) is 1.45. The fourth-order valence-electron chi connectivity index (χ4n) is 2.37. The molecule has 1 atom stereocenters. The maximum absolute atomic E-state index is 12.3. The number of rotatable bonds is 3. The lowest BCUT2D eigenvalue weighted by Crippen LogP contribution is -2.34. The van der Waals surface area contributed by atoms with Crippen molar-refractivity contribution >= 4 is 11.9 Å². The topological polar surface area (TPSA) is 57.6 Å². The molecule has 1 N–H and O–H groups in total. The second kappa shape index (κ2) is 5.03. The predicted octanol–water partition coefficient (Wildman–Crippen LogP) is 2.19. The van der Waals surface area contributed by atoms with E-state index in [4.69, 9.17) is 0 Å². The summed E-state index contributed by atoms with van der Waals surface area (Å²) in [6.45, 7) is 4.56. The largest absolute Gasteiger partial charge is 0.481 e. The number of aryl methyl sites for hydroxylation is 1. The summed E-state index contributed by atoms with van der Waals surface area (Å²) in [5.41, 5.74) is 1.01. The molecule has 1 amide bonds. The van der Waals surface area contributed by atoms with Gasteiger partial charge in [-0.2, -0.15) is 0 Å². The van der Waals surface area contributed by atoms with Crippen molar-refractivity contribution < 1.29 is 14.7 Å². The molecule has 1 unspecified atom stereocenters. The van der Waals surface area contributed by atoms with Crippen molar-refractivity contribution in [2.24, 2.45) is 5.41 Å². The van der Waals surface area contributed by atoms with Gasteiger partial charge in [0.05, 0.1) is 5.41 Å². The Morgan fingerprint density at radius 3 is 2.42 bits per heavy atom. The lowest BCUT2D eigenvalue weighted by Gasteiger charge is -2.20. The first-order chi connectivity index (χ1) is 8.96. The Morgan fingerprint density at radius 1 is 1.32 bits per heavy atom. The summed E-state index contributed by atoms with van der Waals surface area (Å²) in [7, 11) is 0. The lowest BCUT2D eigenvalue weighted by atomic mass is 9.90. The van der Waals surface area contributed by atoms with Gasteiger partial charge in [0.25, 0.3) is 5.91 Å². The molecular weight excluding hydrogens is 242 g/mol. The Balaban J connectivity index is 2.11. The molecule has 102 valence electrons. The molecule has 1 saturated heterocycles. The van der Waals surface area contributed by atoms with Gasteiger partial charge in [0.1, 0.15) is 0 Å². The third-order valence-electron chi connectivity index (χ3n) is 3.89. The van der Waals surface area contributed by atoms with E-state index in [-0.39, 0.29) is 12.5 Å². The van der Waals surface area contributed by atoms with Crippen molar-refractivity contribution in [2.45, 2.75) is 26.7 Å². The third kappa shape index (κ3) is 2.62. The molecule has 4 heteroatoms. The van der Waals surface area contributed by atoms with Gasteiger partial charge in [-0.15, -0.1) is 0 Å². The van der Waals surface area contributed by atoms with Gasteiger partial charge >= 0.3 is 5.97 Å². The zero-order chi connectivity index (χ0) is 14.0. The molecule has 19 heavy (non-hydrogen) atoms. The predicted molar refractivity (Wildman–Crippen MR) is 72.1 cm³/mol. The first kappa shape index (κ1) is 13.6. The first-order valence-electron chi connectivity index (χ1n) is 6.58. The Morgan fingerprint density at radius 2 is 1.95 bits per heavy atom. The van der Waals surface area contributed by atoms with Crippen LogP contribution < -0.4 is 0 Å². The van der Waals surface area contributed by atoms with Crippen molar-refractivity contribution in [1.82, 2.24) is 4.90 Å². The van der Waals surface area contributed by atoms with Gasteiger partial charge in [0.2, 0.25) is 0 Å². The van der Waals surface area contributed by atoms with Crippen molar-refractivity contribution in [3.63, 3.8) is 0 Å². The van der Waals surface area contributed by atoms with Crippen molar-refractivity contribution in [3.05, 3.63) is 35.4 Å². The van der Waals surface area contributed by atoms with Crippen LogP contribution in [0.4, 0.5) is 0 Å². The Labute approximate surface area is 113 Å². The molecule has 1 aromatic rings. The average Bonchev–Trinajstić information content (AvgIpc) is 2.82. The van der Waals surface area contributed by atoms with Gasteiger partial charge < -0.3 is 10.0 Å². The van der Waals surface area contributed by atoms with Crippen LogP contribution in [0.1, 0.15) is 36.2 Å². The van der Waals surface area contributed by atoms with Crippen molar-refractivity contribution in [2.75, 3.05) is 13.1 Å². The van der Waals surface area contributed by atoms with E-state index in [9.17, 15) is 14.7 Å². The van der Waals surface area contributed by atoms with Crippen LogP contribution in [0.5, 0.6) is 0 Å². The van der Waals surface area contributed by atoms with E-state index < -0.39 is 11.4 Å². The van der Waals surface area contributed by atoms with Crippen LogP contribution in [0.15, 0.2) is 24.3 Å². The molecule has 0 aromatic heterocycles. The molecule has 4 nitrogen and oxygen atoms in total. The number of hydrogen-bond donors (Lipinski definition) is 1. The smallest absolute Gasteiger partial charge is 0.311 e. The third-order valence-corrected chi connectivity index (χ3v) is 3.89. The van der Waals surface area contributed by atoms with E-state index >= 15 is 0 Å². The lowest BCUT2D eigenvalue weighted by molar-refractivity contribution is -0.147. The van der Waals surface area contributed by atoms with Crippen molar-refractivity contribution in [1.29, 1.82) is 0 Å². The highest BCUT2D eigenvalue weighted by Gasteiger charge is 2.42. The highest BCUT2D eigenvalue weighted by molar-refractivity contribution is 5.95. The van der Waals surface area contributed by atoms with Gasteiger partial charge in [0, 0.05) is 18.7 Å². The van der Waals surface area contributed by atoms with Crippen LogP contribution in [0.2, 0.25) is 0 Å². The number of aliphatic carboxylic acids is 1. The number of nitrogens with zero attached hydrogens (tertiary/aromatic N) is 1. The van der Waals surface area contributed by atoms with Crippen LogP contribution in [0.25, 0.3) is 0 Å². The molecule has 0 saturated carbocycles. The Hall–Kier alpha value is -1.84. The van der Waals surface area contributed by atoms with Crippen LogP contribution >= 0.6 is 0 Å². The minimum absolute atomic E-state index is 0.0763. The summed E-state index contributed by atoms with van der Waals surface area (Å²) < 4.78 is 0. The van der Waals surface area contributed by atoms with Gasteiger partial charge in [-0.3, -0.25) is 9.59 Å². The van der Waals surface area contributed by atoms with E-state index in [0.717, 1.165) is 6.42 Å². The number of hydrogen-bond acceptors (Lipinski definition) is 2. The zero-order valence-corrected chi connectivity index (χ0v) is 11.3. The van der Waals surface area contributed by atoms with E-state index in [0.29, 0.717) is 18.5 Å². The molecule has 1 aliphatic heterocycles. The highest BCUT2D eigenvalue weighted by atomic mass is 16.4. The molecule has 0 bridgehead atoms. The second-order valence-electron chi connectivity index (χ2n) is 5.39. The summed E-state index contributed by atoms with van der Waals surface area (Å²) in [5.74, 6) is -0.906. The molecule has 1 fully saturated rings. The van der Waals surface area contributed by atoms with E-state index in [1.807, 2.05) is 24.3 Å². The molecule has 0 spiro atoms. The number of likely N-dealkylation sites (tertiary alicyclic amines) is 1. The molecule has 2 rings (SSSR count). The fraction of sp³-hybridized carbons (Fsp3) is 0.467. The maximum atomic E-state index is 12.3. The van der Waals surface area contributed by atoms with E-state index in [1.165, 1.54) is 5.56 Å². The number of benzene rings is 1. The molecule has 1 heterocycles. The number of carboxylic acids is 1. The SMILES string of the molecule is CCc1ccc(C(=O)N2CCC(C)(C(=O)O)C2)cc1. The minimum Gasteiger partial charge on any atom is -0.481 e. The number of carbonyl (C=O) groups excluding carboxylic acids is 1.